The molecule has 1 aliphatic rings. The Balaban J connectivity index is 1.73. The van der Waals surface area contributed by atoms with Gasteiger partial charge in [-0.05, 0) is 95.6 Å². The van der Waals surface area contributed by atoms with Gasteiger partial charge in [-0.3, -0.25) is 19.3 Å². The van der Waals surface area contributed by atoms with Crippen molar-refractivity contribution in [2.75, 3.05) is 25.1 Å². The van der Waals surface area contributed by atoms with E-state index in [1.165, 1.54) is 0 Å². The second kappa shape index (κ2) is 11.7. The lowest BCUT2D eigenvalue weighted by Crippen LogP contribution is -2.36. The van der Waals surface area contributed by atoms with Crippen LogP contribution in [0.2, 0.25) is 0 Å². The molecule has 1 heterocycles. The molecule has 1 fully saturated rings. The lowest BCUT2D eigenvalue weighted by Gasteiger charge is -2.14. The van der Waals surface area contributed by atoms with Crippen molar-refractivity contribution < 1.29 is 23.9 Å². The number of imide groups is 1. The lowest BCUT2D eigenvalue weighted by molar-refractivity contribution is -0.127. The number of ether oxygens (including phenoxy) is 2. The molecule has 0 spiro atoms. The number of thioether (sulfide) groups is 1. The second-order valence-electron chi connectivity index (χ2n) is 7.79. The van der Waals surface area contributed by atoms with Crippen molar-refractivity contribution in [2.24, 2.45) is 0 Å². The molecule has 1 aliphatic heterocycles. The van der Waals surface area contributed by atoms with Crippen molar-refractivity contribution in [3.05, 3.63) is 56.0 Å². The van der Waals surface area contributed by atoms with Crippen LogP contribution in [0.3, 0.4) is 0 Å². The summed E-state index contributed by atoms with van der Waals surface area (Å²) in [7, 11) is 0. The number of carbonyl (C=O) groups excluding carboxylic acids is 3. The van der Waals surface area contributed by atoms with E-state index in [4.69, 9.17) is 9.47 Å². The molecule has 0 aliphatic carbocycles. The van der Waals surface area contributed by atoms with Crippen molar-refractivity contribution in [2.45, 2.75) is 33.6 Å². The average molecular weight is 594 g/mol. The third kappa shape index (κ3) is 6.32. The third-order valence-electron chi connectivity index (χ3n) is 4.95. The Kier molecular flexibility index (Phi) is 9.01. The molecule has 0 radical (unpaired) electrons. The Labute approximate surface area is 217 Å². The zero-order valence-corrected chi connectivity index (χ0v) is 22.5. The average Bonchev–Trinajstić information content (AvgIpc) is 3.04. The maximum atomic E-state index is 12.9. The van der Waals surface area contributed by atoms with E-state index < -0.39 is 17.1 Å². The highest BCUT2D eigenvalue weighted by atomic mass is 127. The first-order valence-electron chi connectivity index (χ1n) is 11.0. The Morgan fingerprint density at radius 1 is 1.12 bits per heavy atom. The first-order valence-corrected chi connectivity index (χ1v) is 12.9. The van der Waals surface area contributed by atoms with Crippen LogP contribution in [0.25, 0.3) is 6.08 Å². The number of nitrogens with one attached hydrogen (secondary N) is 1. The van der Waals surface area contributed by atoms with Crippen LogP contribution in [-0.2, 0) is 9.59 Å². The van der Waals surface area contributed by atoms with E-state index in [1.54, 1.807) is 12.1 Å². The zero-order valence-electron chi connectivity index (χ0n) is 19.5. The highest BCUT2D eigenvalue weighted by molar-refractivity contribution is 14.1. The van der Waals surface area contributed by atoms with E-state index in [-0.39, 0.29) is 11.4 Å². The molecular weight excluding hydrogens is 567 g/mol. The number of nitrogens with zero attached hydrogens (tertiary/aromatic N) is 1. The summed E-state index contributed by atoms with van der Waals surface area (Å²) in [5.74, 6) is 0.672. The molecule has 1 N–H and O–H groups in total. The number of hydrogen-bond donors (Lipinski definition) is 1. The monoisotopic (exact) mass is 594 g/mol. The molecule has 0 atom stereocenters. The molecule has 34 heavy (non-hydrogen) atoms. The van der Waals surface area contributed by atoms with Crippen LogP contribution < -0.4 is 14.8 Å². The van der Waals surface area contributed by atoms with Gasteiger partial charge in [-0.15, -0.1) is 0 Å². The number of anilines is 1. The van der Waals surface area contributed by atoms with Gasteiger partial charge in [-0.1, -0.05) is 26.0 Å². The fourth-order valence-corrected chi connectivity index (χ4v) is 4.92. The smallest absolute Gasteiger partial charge is 0.294 e. The summed E-state index contributed by atoms with van der Waals surface area (Å²) >= 11 is 2.96. The fourth-order valence-electron chi connectivity index (χ4n) is 3.30. The summed E-state index contributed by atoms with van der Waals surface area (Å²) in [6, 6.07) is 11.1. The van der Waals surface area contributed by atoms with Crippen molar-refractivity contribution >= 4 is 63.2 Å². The van der Waals surface area contributed by atoms with Crippen LogP contribution in [0.1, 0.15) is 44.7 Å². The molecule has 9 heteroatoms. The molecule has 0 aromatic heterocycles. The molecule has 0 saturated carbocycles. The summed E-state index contributed by atoms with van der Waals surface area (Å²) in [6.45, 7) is 8.57. The maximum Gasteiger partial charge on any atom is 0.294 e. The van der Waals surface area contributed by atoms with E-state index in [2.05, 4.69) is 41.8 Å². The van der Waals surface area contributed by atoms with Gasteiger partial charge in [0, 0.05) is 5.69 Å². The predicted octanol–water partition coefficient (Wildman–Crippen LogP) is 5.89. The van der Waals surface area contributed by atoms with E-state index in [1.807, 2.05) is 44.2 Å². The lowest BCUT2D eigenvalue weighted by atomic mass is 10.0. The number of halogens is 1. The van der Waals surface area contributed by atoms with Crippen molar-refractivity contribution in [3.8, 4) is 11.5 Å². The summed E-state index contributed by atoms with van der Waals surface area (Å²) in [5, 5.41) is 2.26. The molecule has 0 bridgehead atoms. The molecular formula is C25H27IN2O5S. The van der Waals surface area contributed by atoms with Crippen molar-refractivity contribution in [3.63, 3.8) is 0 Å². The van der Waals surface area contributed by atoms with Gasteiger partial charge in [0.1, 0.15) is 6.54 Å². The first kappa shape index (κ1) is 26.1. The van der Waals surface area contributed by atoms with Gasteiger partial charge in [0.15, 0.2) is 11.5 Å². The summed E-state index contributed by atoms with van der Waals surface area (Å²) in [4.78, 5) is 39.0. The number of amides is 3. The molecule has 180 valence electrons. The topological polar surface area (TPSA) is 84.9 Å². The highest BCUT2D eigenvalue weighted by Gasteiger charge is 2.36. The number of rotatable bonds is 9. The van der Waals surface area contributed by atoms with Gasteiger partial charge in [-0.2, -0.15) is 0 Å². The van der Waals surface area contributed by atoms with Crippen LogP contribution in [0, 0.1) is 3.57 Å². The fraction of sp³-hybridized carbons (Fsp3) is 0.320. The van der Waals surface area contributed by atoms with Gasteiger partial charge in [0.05, 0.1) is 21.7 Å². The van der Waals surface area contributed by atoms with E-state index in [0.29, 0.717) is 41.9 Å². The predicted molar refractivity (Wildman–Crippen MR) is 143 cm³/mol. The molecule has 2 aromatic rings. The van der Waals surface area contributed by atoms with Gasteiger partial charge in [0.25, 0.3) is 11.1 Å². The van der Waals surface area contributed by atoms with E-state index >= 15 is 0 Å². The Bertz CT molecular complexity index is 1120. The normalized spacial score (nSPS) is 14.8. The first-order chi connectivity index (χ1) is 16.2. The minimum atomic E-state index is -0.498. The minimum absolute atomic E-state index is 0.251. The zero-order chi connectivity index (χ0) is 24.8. The van der Waals surface area contributed by atoms with E-state index in [9.17, 15) is 14.4 Å². The van der Waals surface area contributed by atoms with Crippen LogP contribution in [0.15, 0.2) is 41.3 Å². The molecule has 1 saturated heterocycles. The minimum Gasteiger partial charge on any atom is -0.490 e. The third-order valence-corrected chi connectivity index (χ3v) is 6.66. The summed E-state index contributed by atoms with van der Waals surface area (Å²) in [5.41, 5.74) is 2.48. The standard InChI is InChI=1S/C25H27IN2O5S/c1-5-32-20-12-16(11-19(26)23(20)33-6-2)13-21-24(30)28(25(31)34-21)14-22(29)27-18-9-7-17(8-10-18)15(3)4/h7-13,15H,5-6,14H2,1-4H3,(H,27,29)/b21-13+. The van der Waals surface area contributed by atoms with Gasteiger partial charge >= 0.3 is 0 Å². The largest absolute Gasteiger partial charge is 0.490 e. The van der Waals surface area contributed by atoms with Gasteiger partial charge < -0.3 is 14.8 Å². The Morgan fingerprint density at radius 2 is 1.79 bits per heavy atom. The number of benzene rings is 2. The Hall–Kier alpha value is -2.53. The Morgan fingerprint density at radius 3 is 2.41 bits per heavy atom. The molecule has 0 unspecified atom stereocenters. The quantitative estimate of drug-likeness (QED) is 0.288. The number of hydrogen-bond acceptors (Lipinski definition) is 6. The summed E-state index contributed by atoms with van der Waals surface area (Å²) < 4.78 is 12.2. The van der Waals surface area contributed by atoms with Crippen LogP contribution in [0.5, 0.6) is 11.5 Å². The van der Waals surface area contributed by atoms with Gasteiger partial charge in [-0.25, -0.2) is 0 Å². The summed E-state index contributed by atoms with van der Waals surface area (Å²) in [6.07, 6.45) is 1.63. The molecule has 7 nitrogen and oxygen atoms in total. The second-order valence-corrected chi connectivity index (χ2v) is 9.94. The molecule has 3 rings (SSSR count). The van der Waals surface area contributed by atoms with Gasteiger partial charge in [0.2, 0.25) is 5.91 Å². The van der Waals surface area contributed by atoms with Crippen LogP contribution in [0.4, 0.5) is 10.5 Å². The van der Waals surface area contributed by atoms with Crippen molar-refractivity contribution in [1.82, 2.24) is 4.90 Å². The van der Waals surface area contributed by atoms with Crippen molar-refractivity contribution in [1.29, 1.82) is 0 Å². The van der Waals surface area contributed by atoms with E-state index in [0.717, 1.165) is 25.8 Å². The SMILES string of the molecule is CCOc1cc(/C=C2/SC(=O)N(CC(=O)Nc3ccc(C(C)C)cc3)C2=O)cc(I)c1OCC. The highest BCUT2D eigenvalue weighted by Crippen LogP contribution is 2.37. The van der Waals surface area contributed by atoms with Crippen LogP contribution >= 0.6 is 34.4 Å². The number of carbonyl (C=O) groups is 3. The molecule has 2 aromatic carbocycles. The maximum absolute atomic E-state index is 12.9. The molecule has 3 amide bonds. The van der Waals surface area contributed by atoms with Crippen LogP contribution in [-0.4, -0.2) is 41.7 Å².